The lowest BCUT2D eigenvalue weighted by molar-refractivity contribution is 0.0600. The first-order valence-corrected chi connectivity index (χ1v) is 4.76. The number of hydrogen-bond acceptors (Lipinski definition) is 3. The number of esters is 1. The Morgan fingerprint density at radius 1 is 1.53 bits per heavy atom. The molecule has 0 aliphatic rings. The van der Waals surface area contributed by atoms with E-state index in [1.807, 2.05) is 6.92 Å². The fourth-order valence-electron chi connectivity index (χ4n) is 1.55. The third-order valence-electron chi connectivity index (χ3n) is 2.45. The molecule has 3 heteroatoms. The van der Waals surface area contributed by atoms with Crippen LogP contribution in [0.15, 0.2) is 12.1 Å². The molecule has 0 unspecified atom stereocenters. The van der Waals surface area contributed by atoms with Crippen molar-refractivity contribution in [3.05, 3.63) is 34.4 Å². The van der Waals surface area contributed by atoms with E-state index >= 15 is 0 Å². The lowest BCUT2D eigenvalue weighted by Crippen LogP contribution is -2.06. The van der Waals surface area contributed by atoms with Gasteiger partial charge in [0.05, 0.1) is 24.3 Å². The second-order valence-corrected chi connectivity index (χ2v) is 3.23. The number of carbonyl (C=O) groups is 1. The molecule has 0 saturated heterocycles. The number of benzene rings is 1. The molecule has 0 bridgehead atoms. The zero-order chi connectivity index (χ0) is 11.4. The zero-order valence-corrected chi connectivity index (χ0v) is 9.13. The van der Waals surface area contributed by atoms with Gasteiger partial charge in [-0.1, -0.05) is 13.0 Å². The molecule has 0 aliphatic heterocycles. The van der Waals surface area contributed by atoms with Crippen LogP contribution in [0.3, 0.4) is 0 Å². The van der Waals surface area contributed by atoms with Crippen molar-refractivity contribution in [1.82, 2.24) is 0 Å². The molecular weight excluding hydrogens is 190 g/mol. The van der Waals surface area contributed by atoms with Crippen LogP contribution in [-0.2, 0) is 11.2 Å². The van der Waals surface area contributed by atoms with Crippen LogP contribution < -0.4 is 0 Å². The zero-order valence-electron chi connectivity index (χ0n) is 9.13. The molecule has 0 heterocycles. The van der Waals surface area contributed by atoms with Crippen LogP contribution in [0, 0.1) is 18.3 Å². The highest BCUT2D eigenvalue weighted by Gasteiger charge is 2.14. The van der Waals surface area contributed by atoms with E-state index in [2.05, 4.69) is 10.8 Å². The Hall–Kier alpha value is -1.82. The minimum atomic E-state index is -0.397. The third kappa shape index (κ3) is 1.99. The smallest absolute Gasteiger partial charge is 0.338 e. The molecule has 0 aliphatic carbocycles. The Morgan fingerprint density at radius 3 is 2.67 bits per heavy atom. The van der Waals surface area contributed by atoms with Gasteiger partial charge in [0.2, 0.25) is 0 Å². The molecule has 0 amide bonds. The second-order valence-electron chi connectivity index (χ2n) is 3.23. The molecule has 0 spiro atoms. The Labute approximate surface area is 89.3 Å². The summed E-state index contributed by atoms with van der Waals surface area (Å²) in [5.74, 6) is -0.397. The number of rotatable bonds is 2. The first kappa shape index (κ1) is 11.3. The fourth-order valence-corrected chi connectivity index (χ4v) is 1.55. The van der Waals surface area contributed by atoms with E-state index in [0.717, 1.165) is 12.0 Å². The van der Waals surface area contributed by atoms with Crippen LogP contribution in [0.2, 0.25) is 0 Å². The molecule has 1 aromatic rings. The number of methoxy groups -OCH3 is 1. The largest absolute Gasteiger partial charge is 0.465 e. The first-order chi connectivity index (χ1) is 7.15. The molecule has 0 aromatic heterocycles. The number of aryl methyl sites for hydroxylation is 1. The fraction of sp³-hybridized carbons (Fsp3) is 0.333. The van der Waals surface area contributed by atoms with E-state index < -0.39 is 5.97 Å². The van der Waals surface area contributed by atoms with Gasteiger partial charge >= 0.3 is 5.97 Å². The van der Waals surface area contributed by atoms with Crippen LogP contribution in [0.25, 0.3) is 0 Å². The quantitative estimate of drug-likeness (QED) is 0.692. The van der Waals surface area contributed by atoms with Gasteiger partial charge in [-0.05, 0) is 30.5 Å². The van der Waals surface area contributed by atoms with Gasteiger partial charge in [-0.15, -0.1) is 0 Å². The minimum absolute atomic E-state index is 0.397. The van der Waals surface area contributed by atoms with Gasteiger partial charge in [0.15, 0.2) is 0 Å². The Kier molecular flexibility index (Phi) is 3.46. The molecule has 3 nitrogen and oxygen atoms in total. The lowest BCUT2D eigenvalue weighted by Gasteiger charge is -2.08. The summed E-state index contributed by atoms with van der Waals surface area (Å²) in [4.78, 5) is 11.4. The molecule has 1 rings (SSSR count). The van der Waals surface area contributed by atoms with Crippen molar-refractivity contribution in [2.24, 2.45) is 0 Å². The maximum Gasteiger partial charge on any atom is 0.338 e. The highest BCUT2D eigenvalue weighted by molar-refractivity contribution is 5.91. The van der Waals surface area contributed by atoms with E-state index in [1.54, 1.807) is 19.1 Å². The van der Waals surface area contributed by atoms with Gasteiger partial charge < -0.3 is 4.74 Å². The SMILES string of the molecule is CCc1ccc(C(=O)OC)c(C)c1C#N. The molecule has 78 valence electrons. The molecule has 0 radical (unpaired) electrons. The Morgan fingerprint density at radius 2 is 2.20 bits per heavy atom. The maximum atomic E-state index is 11.4. The third-order valence-corrected chi connectivity index (χ3v) is 2.45. The van der Waals surface area contributed by atoms with Gasteiger partial charge in [-0.2, -0.15) is 5.26 Å². The molecule has 0 N–H and O–H groups in total. The summed E-state index contributed by atoms with van der Waals surface area (Å²) < 4.78 is 4.64. The lowest BCUT2D eigenvalue weighted by atomic mass is 9.96. The standard InChI is InChI=1S/C12H13NO2/c1-4-9-5-6-10(12(14)15-3)8(2)11(9)7-13/h5-6H,4H2,1-3H3. The molecule has 1 aromatic carbocycles. The summed E-state index contributed by atoms with van der Waals surface area (Å²) in [5, 5.41) is 9.01. The number of carbonyl (C=O) groups excluding carboxylic acids is 1. The summed E-state index contributed by atoms with van der Waals surface area (Å²) in [5.41, 5.74) is 2.71. The van der Waals surface area contributed by atoms with E-state index in [-0.39, 0.29) is 0 Å². The second kappa shape index (κ2) is 4.61. The molecule has 0 fully saturated rings. The summed E-state index contributed by atoms with van der Waals surface area (Å²) in [6.07, 6.45) is 0.783. The normalized spacial score (nSPS) is 9.47. The van der Waals surface area contributed by atoms with Crippen LogP contribution in [0.5, 0.6) is 0 Å². The topological polar surface area (TPSA) is 50.1 Å². The molecule has 15 heavy (non-hydrogen) atoms. The highest BCUT2D eigenvalue weighted by atomic mass is 16.5. The van der Waals surface area contributed by atoms with Gasteiger partial charge in [0.1, 0.15) is 0 Å². The van der Waals surface area contributed by atoms with E-state index in [4.69, 9.17) is 5.26 Å². The van der Waals surface area contributed by atoms with Gasteiger partial charge in [-0.25, -0.2) is 4.79 Å². The number of nitrogens with zero attached hydrogens (tertiary/aromatic N) is 1. The molecule has 0 saturated carbocycles. The Balaban J connectivity index is 3.37. The number of hydrogen-bond donors (Lipinski definition) is 0. The van der Waals surface area contributed by atoms with Gasteiger partial charge in [0.25, 0.3) is 0 Å². The summed E-state index contributed by atoms with van der Waals surface area (Å²) in [6, 6.07) is 5.64. The van der Waals surface area contributed by atoms with Gasteiger partial charge in [0, 0.05) is 0 Å². The maximum absolute atomic E-state index is 11.4. The number of nitriles is 1. The summed E-state index contributed by atoms with van der Waals surface area (Å²) in [7, 11) is 1.33. The van der Waals surface area contributed by atoms with Crippen LogP contribution in [0.4, 0.5) is 0 Å². The van der Waals surface area contributed by atoms with E-state index in [9.17, 15) is 4.79 Å². The van der Waals surface area contributed by atoms with Crippen molar-refractivity contribution in [2.75, 3.05) is 7.11 Å². The summed E-state index contributed by atoms with van der Waals surface area (Å²) in [6.45, 7) is 3.75. The minimum Gasteiger partial charge on any atom is -0.465 e. The van der Waals surface area contributed by atoms with Crippen molar-refractivity contribution in [3.8, 4) is 6.07 Å². The van der Waals surface area contributed by atoms with E-state index in [1.165, 1.54) is 7.11 Å². The van der Waals surface area contributed by atoms with Crippen molar-refractivity contribution in [3.63, 3.8) is 0 Å². The van der Waals surface area contributed by atoms with Crippen molar-refractivity contribution < 1.29 is 9.53 Å². The number of ether oxygens (including phenoxy) is 1. The van der Waals surface area contributed by atoms with Crippen molar-refractivity contribution in [2.45, 2.75) is 20.3 Å². The predicted molar refractivity (Wildman–Crippen MR) is 56.6 cm³/mol. The highest BCUT2D eigenvalue weighted by Crippen LogP contribution is 2.19. The molecular formula is C12H13NO2. The Bertz CT molecular complexity index is 430. The van der Waals surface area contributed by atoms with Crippen molar-refractivity contribution >= 4 is 5.97 Å². The first-order valence-electron chi connectivity index (χ1n) is 4.76. The average Bonchev–Trinajstić information content (AvgIpc) is 2.27. The van der Waals surface area contributed by atoms with E-state index in [0.29, 0.717) is 16.7 Å². The van der Waals surface area contributed by atoms with Crippen LogP contribution >= 0.6 is 0 Å². The van der Waals surface area contributed by atoms with Crippen LogP contribution in [-0.4, -0.2) is 13.1 Å². The summed E-state index contributed by atoms with van der Waals surface area (Å²) >= 11 is 0. The van der Waals surface area contributed by atoms with Crippen LogP contribution in [0.1, 0.15) is 34.0 Å². The van der Waals surface area contributed by atoms with Crippen molar-refractivity contribution in [1.29, 1.82) is 5.26 Å². The predicted octanol–water partition coefficient (Wildman–Crippen LogP) is 2.22. The van der Waals surface area contributed by atoms with Gasteiger partial charge in [-0.3, -0.25) is 0 Å². The molecule has 0 atom stereocenters. The monoisotopic (exact) mass is 203 g/mol. The average molecular weight is 203 g/mol.